The molecule has 0 aliphatic carbocycles. The first-order valence-electron chi connectivity index (χ1n) is 9.52. The summed E-state index contributed by atoms with van der Waals surface area (Å²) < 4.78 is 29.8. The SMILES string of the molecule is CCCCOC(=O)c1ccccc1OC[C@H]1C[N+]23CCO[B-]2(OCC3)O1. The van der Waals surface area contributed by atoms with Crippen molar-refractivity contribution in [3.8, 4) is 5.75 Å². The van der Waals surface area contributed by atoms with Crippen molar-refractivity contribution in [1.29, 1.82) is 0 Å². The summed E-state index contributed by atoms with van der Waals surface area (Å²) in [5.41, 5.74) is 0.450. The van der Waals surface area contributed by atoms with Gasteiger partial charge in [0.2, 0.25) is 0 Å². The van der Waals surface area contributed by atoms with Crippen molar-refractivity contribution in [3.05, 3.63) is 29.8 Å². The van der Waals surface area contributed by atoms with Crippen molar-refractivity contribution in [3.63, 3.8) is 0 Å². The van der Waals surface area contributed by atoms with Crippen LogP contribution in [0.5, 0.6) is 5.75 Å². The first kappa shape index (κ1) is 17.8. The molecule has 3 aliphatic heterocycles. The first-order chi connectivity index (χ1) is 12.7. The molecule has 3 aliphatic rings. The molecule has 0 unspecified atom stereocenters. The van der Waals surface area contributed by atoms with E-state index in [4.69, 9.17) is 23.4 Å². The molecule has 3 heterocycles. The second-order valence-electron chi connectivity index (χ2n) is 7.25. The lowest BCUT2D eigenvalue weighted by atomic mass is 9.94. The predicted octanol–water partition coefficient (Wildman–Crippen LogP) is 1.73. The third kappa shape index (κ3) is 3.01. The zero-order valence-electron chi connectivity index (χ0n) is 15.2. The number of esters is 1. The molecule has 0 saturated carbocycles. The Morgan fingerprint density at radius 1 is 1.27 bits per heavy atom. The van der Waals surface area contributed by atoms with E-state index in [2.05, 4.69) is 6.92 Å². The Balaban J connectivity index is 1.38. The average Bonchev–Trinajstić information content (AvgIpc) is 3.22. The molecule has 7 nitrogen and oxygen atoms in total. The zero-order chi connectivity index (χ0) is 18.0. The molecule has 8 heteroatoms. The summed E-state index contributed by atoms with van der Waals surface area (Å²) in [6.07, 6.45) is 1.73. The van der Waals surface area contributed by atoms with Gasteiger partial charge in [-0.2, -0.15) is 0 Å². The first-order valence-corrected chi connectivity index (χ1v) is 9.52. The number of hydrogen-bond donors (Lipinski definition) is 0. The van der Waals surface area contributed by atoms with Crippen molar-refractivity contribution in [1.82, 2.24) is 0 Å². The normalized spacial score (nSPS) is 32.3. The van der Waals surface area contributed by atoms with E-state index in [9.17, 15) is 4.79 Å². The molecule has 1 aromatic rings. The molecule has 4 rings (SSSR count). The lowest BCUT2D eigenvalue weighted by Crippen LogP contribution is -2.59. The number of rotatable bonds is 7. The summed E-state index contributed by atoms with van der Waals surface area (Å²) in [5.74, 6) is 0.177. The van der Waals surface area contributed by atoms with Crippen LogP contribution in [0.2, 0.25) is 0 Å². The second kappa shape index (κ2) is 7.19. The van der Waals surface area contributed by atoms with E-state index in [0.29, 0.717) is 37.7 Å². The largest absolute Gasteiger partial charge is 0.625 e. The Hall–Kier alpha value is -1.61. The van der Waals surface area contributed by atoms with Crippen LogP contribution in [-0.2, 0) is 18.7 Å². The Labute approximate surface area is 153 Å². The molecule has 26 heavy (non-hydrogen) atoms. The van der Waals surface area contributed by atoms with Gasteiger partial charge in [0.25, 0.3) is 0 Å². The quantitative estimate of drug-likeness (QED) is 0.418. The van der Waals surface area contributed by atoms with Crippen molar-refractivity contribution in [2.45, 2.75) is 25.9 Å². The molecular weight excluding hydrogens is 337 g/mol. The van der Waals surface area contributed by atoms with Crippen LogP contribution in [0.4, 0.5) is 0 Å². The molecule has 1 aromatic carbocycles. The fraction of sp³-hybridized carbons (Fsp3) is 0.611. The smallest absolute Gasteiger partial charge is 0.490 e. The maximum absolute atomic E-state index is 12.3. The third-order valence-electron chi connectivity index (χ3n) is 5.60. The highest BCUT2D eigenvalue weighted by molar-refractivity contribution is 6.54. The van der Waals surface area contributed by atoms with Gasteiger partial charge in [0.1, 0.15) is 24.0 Å². The Kier molecular flexibility index (Phi) is 4.92. The highest BCUT2D eigenvalue weighted by Crippen LogP contribution is 2.41. The maximum Gasteiger partial charge on any atom is 0.625 e. The molecule has 0 bridgehead atoms. The van der Waals surface area contributed by atoms with Gasteiger partial charge in [-0.15, -0.1) is 0 Å². The molecular formula is C18H26BNO6. The lowest BCUT2D eigenvalue weighted by molar-refractivity contribution is -0.816. The van der Waals surface area contributed by atoms with E-state index in [1.54, 1.807) is 12.1 Å². The van der Waals surface area contributed by atoms with Gasteiger partial charge in [-0.1, -0.05) is 25.5 Å². The van der Waals surface area contributed by atoms with Crippen molar-refractivity contribution in [2.75, 3.05) is 46.1 Å². The summed E-state index contributed by atoms with van der Waals surface area (Å²) in [4.78, 5) is 12.3. The predicted molar refractivity (Wildman–Crippen MR) is 94.5 cm³/mol. The van der Waals surface area contributed by atoms with E-state index in [1.165, 1.54) is 0 Å². The Morgan fingerprint density at radius 3 is 2.77 bits per heavy atom. The monoisotopic (exact) mass is 363 g/mol. The number of hydrogen-bond acceptors (Lipinski definition) is 6. The zero-order valence-corrected chi connectivity index (χ0v) is 15.2. The van der Waals surface area contributed by atoms with E-state index in [1.807, 2.05) is 12.1 Å². The number of quaternary nitrogens is 1. The van der Waals surface area contributed by atoms with Gasteiger partial charge in [-0.25, -0.2) is 4.79 Å². The van der Waals surface area contributed by atoms with Crippen LogP contribution >= 0.6 is 0 Å². The summed E-state index contributed by atoms with van der Waals surface area (Å²) in [6, 6.07) is 7.17. The van der Waals surface area contributed by atoms with Crippen LogP contribution in [0.25, 0.3) is 0 Å². The number of para-hydroxylation sites is 1. The highest BCUT2D eigenvalue weighted by atomic mass is 16.8. The molecule has 0 radical (unpaired) electrons. The van der Waals surface area contributed by atoms with E-state index in [-0.39, 0.29) is 12.1 Å². The van der Waals surface area contributed by atoms with Crippen LogP contribution < -0.4 is 4.74 Å². The van der Waals surface area contributed by atoms with Gasteiger partial charge in [0.05, 0.1) is 39.5 Å². The van der Waals surface area contributed by atoms with Gasteiger partial charge in [-0.05, 0) is 18.6 Å². The van der Waals surface area contributed by atoms with Gasteiger partial charge in [0, 0.05) is 0 Å². The minimum absolute atomic E-state index is 0.111. The number of benzene rings is 1. The summed E-state index contributed by atoms with van der Waals surface area (Å²) in [6.45, 7) is 5.20. The minimum atomic E-state index is -1.68. The number of carbonyl (C=O) groups excluding carboxylic acids is 1. The molecule has 3 saturated heterocycles. The van der Waals surface area contributed by atoms with Crippen molar-refractivity contribution < 1.29 is 32.6 Å². The Morgan fingerprint density at radius 2 is 2.04 bits per heavy atom. The average molecular weight is 363 g/mol. The van der Waals surface area contributed by atoms with E-state index in [0.717, 1.165) is 36.9 Å². The van der Waals surface area contributed by atoms with Gasteiger partial charge in [0.15, 0.2) is 0 Å². The topological polar surface area (TPSA) is 63.2 Å². The molecule has 0 N–H and O–H groups in total. The van der Waals surface area contributed by atoms with Crippen LogP contribution in [-0.4, -0.2) is 69.4 Å². The van der Waals surface area contributed by atoms with Crippen molar-refractivity contribution >= 4 is 12.9 Å². The van der Waals surface area contributed by atoms with Gasteiger partial charge in [-0.3, -0.25) is 0 Å². The van der Waals surface area contributed by atoms with Gasteiger partial charge < -0.3 is 27.8 Å². The third-order valence-corrected chi connectivity index (χ3v) is 5.60. The fourth-order valence-corrected chi connectivity index (χ4v) is 4.19. The van der Waals surface area contributed by atoms with Gasteiger partial charge >= 0.3 is 12.9 Å². The van der Waals surface area contributed by atoms with E-state index >= 15 is 0 Å². The summed E-state index contributed by atoms with van der Waals surface area (Å²) >= 11 is 0. The van der Waals surface area contributed by atoms with Crippen LogP contribution in [0.15, 0.2) is 24.3 Å². The molecule has 3 fully saturated rings. The standard InChI is InChI=1S/C18H26BNO6/c1-2-3-10-22-18(21)16-6-4-5-7-17(16)23-14-15-13-20-8-11-24-19(20,26-15)25-12-9-20/h4-7,15H,2-3,8-14H2,1H3/t15-,19?,20?/m1/s1. The van der Waals surface area contributed by atoms with E-state index < -0.39 is 6.89 Å². The lowest BCUT2D eigenvalue weighted by Gasteiger charge is -2.37. The Bertz CT molecular complexity index is 639. The fourth-order valence-electron chi connectivity index (χ4n) is 4.19. The van der Waals surface area contributed by atoms with Crippen molar-refractivity contribution in [2.24, 2.45) is 0 Å². The summed E-state index contributed by atoms with van der Waals surface area (Å²) in [7, 11) is 0. The number of carbonyl (C=O) groups is 1. The maximum atomic E-state index is 12.3. The molecule has 0 spiro atoms. The molecule has 0 amide bonds. The molecule has 1 atom stereocenters. The number of nitrogens with zero attached hydrogens (tertiary/aromatic N) is 1. The second-order valence-corrected chi connectivity index (χ2v) is 7.25. The number of unbranched alkanes of at least 4 members (excludes halogenated alkanes) is 1. The minimum Gasteiger partial charge on any atom is -0.490 e. The summed E-state index contributed by atoms with van der Waals surface area (Å²) in [5, 5.41) is 0. The van der Waals surface area contributed by atoms with Crippen LogP contribution in [0, 0.1) is 0 Å². The van der Waals surface area contributed by atoms with Crippen LogP contribution in [0.1, 0.15) is 30.1 Å². The number of ether oxygens (including phenoxy) is 2. The van der Waals surface area contributed by atoms with Crippen LogP contribution in [0.3, 0.4) is 0 Å². The molecule has 0 aromatic heterocycles. The highest BCUT2D eigenvalue weighted by Gasteiger charge is 2.66. The molecule has 142 valence electrons.